The zero-order chi connectivity index (χ0) is 18.4. The van der Waals surface area contributed by atoms with Gasteiger partial charge < -0.3 is 19.9 Å². The summed E-state index contributed by atoms with van der Waals surface area (Å²) in [4.78, 5) is 16.2. The smallest absolute Gasteiger partial charge is 0.321 e. The lowest BCUT2D eigenvalue weighted by molar-refractivity contribution is 0.206. The van der Waals surface area contributed by atoms with E-state index in [0.29, 0.717) is 6.54 Å². The van der Waals surface area contributed by atoms with Gasteiger partial charge >= 0.3 is 6.03 Å². The van der Waals surface area contributed by atoms with Crippen molar-refractivity contribution in [2.45, 2.75) is 12.8 Å². The summed E-state index contributed by atoms with van der Waals surface area (Å²) >= 11 is 0. The lowest BCUT2D eigenvalue weighted by atomic mass is 10.2. The summed E-state index contributed by atoms with van der Waals surface area (Å²) in [6.45, 7) is 2.69. The molecule has 1 fully saturated rings. The molecule has 2 aromatic rings. The maximum Gasteiger partial charge on any atom is 0.321 e. The van der Waals surface area contributed by atoms with Gasteiger partial charge in [-0.1, -0.05) is 18.2 Å². The van der Waals surface area contributed by atoms with E-state index in [0.717, 1.165) is 24.5 Å². The molecule has 1 heterocycles. The molecule has 1 aliphatic rings. The summed E-state index contributed by atoms with van der Waals surface area (Å²) < 4.78 is 18.9. The molecule has 138 valence electrons. The Bertz CT molecular complexity index is 747. The third kappa shape index (κ3) is 4.65. The molecule has 1 saturated heterocycles. The monoisotopic (exact) mass is 357 g/mol. The first-order chi connectivity index (χ1) is 12.6. The molecule has 0 atom stereocenters. The Kier molecular flexibility index (Phi) is 5.94. The predicted molar refractivity (Wildman–Crippen MR) is 101 cm³/mol. The van der Waals surface area contributed by atoms with Gasteiger partial charge in [0.2, 0.25) is 0 Å². The Morgan fingerprint density at radius 1 is 1.19 bits per heavy atom. The minimum absolute atomic E-state index is 0.194. The van der Waals surface area contributed by atoms with Crippen LogP contribution in [0.5, 0.6) is 5.75 Å². The van der Waals surface area contributed by atoms with Gasteiger partial charge in [0.25, 0.3) is 0 Å². The fourth-order valence-electron chi connectivity index (χ4n) is 2.93. The zero-order valence-corrected chi connectivity index (χ0v) is 15.0. The third-order valence-corrected chi connectivity index (χ3v) is 4.44. The number of anilines is 2. The van der Waals surface area contributed by atoms with Crippen LogP contribution in [0.15, 0.2) is 48.5 Å². The van der Waals surface area contributed by atoms with E-state index in [4.69, 9.17) is 4.74 Å². The zero-order valence-electron chi connectivity index (χ0n) is 15.0. The summed E-state index contributed by atoms with van der Waals surface area (Å²) in [5, 5.41) is 2.90. The number of carbonyl (C=O) groups is 1. The molecule has 1 N–H and O–H groups in total. The predicted octanol–water partition coefficient (Wildman–Crippen LogP) is 3.97. The number of hydrogen-bond acceptors (Lipinski definition) is 3. The minimum atomic E-state index is -0.404. The highest BCUT2D eigenvalue weighted by Crippen LogP contribution is 2.23. The van der Waals surface area contributed by atoms with Crippen molar-refractivity contribution in [3.63, 3.8) is 0 Å². The van der Waals surface area contributed by atoms with Crippen LogP contribution in [0, 0.1) is 5.82 Å². The van der Waals surface area contributed by atoms with Crippen LogP contribution >= 0.6 is 0 Å². The van der Waals surface area contributed by atoms with Crippen LogP contribution in [-0.2, 0) is 0 Å². The van der Waals surface area contributed by atoms with Gasteiger partial charge in [-0.15, -0.1) is 0 Å². The molecule has 0 aliphatic carbocycles. The fraction of sp³-hybridized carbons (Fsp3) is 0.350. The van der Waals surface area contributed by atoms with E-state index in [1.807, 2.05) is 18.2 Å². The first-order valence-electron chi connectivity index (χ1n) is 8.88. The molecule has 3 rings (SSSR count). The molecule has 5 nitrogen and oxygen atoms in total. The van der Waals surface area contributed by atoms with Crippen LogP contribution in [-0.4, -0.2) is 44.2 Å². The number of likely N-dealkylation sites (N-methyl/N-ethyl adjacent to an activating group) is 1. The number of urea groups is 1. The molecular formula is C20H24FN3O2. The largest absolute Gasteiger partial charge is 0.489 e. The first kappa shape index (κ1) is 18.0. The van der Waals surface area contributed by atoms with E-state index >= 15 is 0 Å². The molecule has 0 saturated carbocycles. The van der Waals surface area contributed by atoms with Crippen LogP contribution in [0.1, 0.15) is 12.8 Å². The van der Waals surface area contributed by atoms with Gasteiger partial charge in [-0.05, 0) is 43.2 Å². The van der Waals surface area contributed by atoms with Crippen molar-refractivity contribution in [3.05, 3.63) is 54.3 Å². The number of benzene rings is 2. The van der Waals surface area contributed by atoms with Gasteiger partial charge in [-0.2, -0.15) is 0 Å². The minimum Gasteiger partial charge on any atom is -0.489 e. The van der Waals surface area contributed by atoms with Crippen LogP contribution in [0.25, 0.3) is 0 Å². The van der Waals surface area contributed by atoms with E-state index in [-0.39, 0.29) is 18.4 Å². The Labute approximate surface area is 153 Å². The Morgan fingerprint density at radius 3 is 2.73 bits per heavy atom. The number of rotatable bonds is 6. The molecular weight excluding hydrogens is 333 g/mol. The van der Waals surface area contributed by atoms with Crippen molar-refractivity contribution in [1.82, 2.24) is 4.90 Å². The molecule has 6 heteroatoms. The average molecular weight is 357 g/mol. The van der Waals surface area contributed by atoms with E-state index in [1.165, 1.54) is 23.8 Å². The molecule has 0 bridgehead atoms. The average Bonchev–Trinajstić information content (AvgIpc) is 3.18. The third-order valence-electron chi connectivity index (χ3n) is 4.44. The number of nitrogens with one attached hydrogen (secondary N) is 1. The maximum atomic E-state index is 13.5. The number of ether oxygens (including phenoxy) is 1. The maximum absolute atomic E-state index is 13.5. The summed E-state index contributed by atoms with van der Waals surface area (Å²) in [5.74, 6) is -0.210. The molecule has 0 spiro atoms. The summed E-state index contributed by atoms with van der Waals surface area (Å²) in [6, 6.07) is 13.9. The quantitative estimate of drug-likeness (QED) is 0.851. The van der Waals surface area contributed by atoms with Gasteiger partial charge in [0, 0.05) is 31.5 Å². The van der Waals surface area contributed by atoms with Gasteiger partial charge in [0.15, 0.2) is 11.6 Å². The highest BCUT2D eigenvalue weighted by molar-refractivity contribution is 5.89. The van der Waals surface area contributed by atoms with Crippen molar-refractivity contribution >= 4 is 17.4 Å². The van der Waals surface area contributed by atoms with Crippen molar-refractivity contribution in [3.8, 4) is 5.75 Å². The second kappa shape index (κ2) is 8.56. The second-order valence-electron chi connectivity index (χ2n) is 6.38. The first-order valence-corrected chi connectivity index (χ1v) is 8.88. The van der Waals surface area contributed by atoms with Crippen LogP contribution in [0.3, 0.4) is 0 Å². The molecule has 1 aliphatic heterocycles. The van der Waals surface area contributed by atoms with E-state index in [2.05, 4.69) is 16.3 Å². The highest BCUT2D eigenvalue weighted by Gasteiger charge is 2.14. The summed E-state index contributed by atoms with van der Waals surface area (Å²) in [6.07, 6.45) is 2.42. The highest BCUT2D eigenvalue weighted by atomic mass is 19.1. The standard InChI is InChI=1S/C20H24FN3O2/c1-23(13-14-26-19-10-3-2-9-18(19)21)20(25)22-16-7-6-8-17(15-16)24-11-4-5-12-24/h2-3,6-10,15H,4-5,11-14H2,1H3,(H,22,25). The second-order valence-corrected chi connectivity index (χ2v) is 6.38. The summed E-state index contributed by atoms with van der Waals surface area (Å²) in [5.41, 5.74) is 1.90. The number of hydrogen-bond donors (Lipinski definition) is 1. The lowest BCUT2D eigenvalue weighted by Crippen LogP contribution is -2.34. The molecule has 0 unspecified atom stereocenters. The van der Waals surface area contributed by atoms with Crippen molar-refractivity contribution in [1.29, 1.82) is 0 Å². The molecule has 2 amide bonds. The molecule has 26 heavy (non-hydrogen) atoms. The number of halogens is 1. The Morgan fingerprint density at radius 2 is 1.96 bits per heavy atom. The molecule has 0 radical (unpaired) electrons. The van der Waals surface area contributed by atoms with Crippen molar-refractivity contribution in [2.75, 3.05) is 43.5 Å². The van der Waals surface area contributed by atoms with Crippen LogP contribution < -0.4 is 15.0 Å². The summed E-state index contributed by atoms with van der Waals surface area (Å²) in [7, 11) is 1.68. The molecule has 0 aromatic heterocycles. The Hall–Kier alpha value is -2.76. The van der Waals surface area contributed by atoms with Gasteiger partial charge in [0.1, 0.15) is 6.61 Å². The lowest BCUT2D eigenvalue weighted by Gasteiger charge is -2.20. The van der Waals surface area contributed by atoms with Gasteiger partial charge in [-0.3, -0.25) is 0 Å². The number of nitrogens with zero attached hydrogens (tertiary/aromatic N) is 2. The van der Waals surface area contributed by atoms with Gasteiger partial charge in [0.05, 0.1) is 6.54 Å². The Balaban J connectivity index is 1.49. The fourth-order valence-corrected chi connectivity index (χ4v) is 2.93. The van der Waals surface area contributed by atoms with Crippen molar-refractivity contribution < 1.29 is 13.9 Å². The number of amides is 2. The number of para-hydroxylation sites is 1. The van der Waals surface area contributed by atoms with Crippen molar-refractivity contribution in [2.24, 2.45) is 0 Å². The van der Waals surface area contributed by atoms with Crippen LogP contribution in [0.4, 0.5) is 20.6 Å². The van der Waals surface area contributed by atoms with Crippen LogP contribution in [0.2, 0.25) is 0 Å². The molecule has 2 aromatic carbocycles. The normalized spacial score (nSPS) is 13.5. The topological polar surface area (TPSA) is 44.8 Å². The van der Waals surface area contributed by atoms with E-state index in [9.17, 15) is 9.18 Å². The van der Waals surface area contributed by atoms with E-state index < -0.39 is 5.82 Å². The number of carbonyl (C=O) groups excluding carboxylic acids is 1. The SMILES string of the molecule is CN(CCOc1ccccc1F)C(=O)Nc1cccc(N2CCCC2)c1. The van der Waals surface area contributed by atoms with Gasteiger partial charge in [-0.25, -0.2) is 9.18 Å². The van der Waals surface area contributed by atoms with E-state index in [1.54, 1.807) is 25.2 Å².